The first-order chi connectivity index (χ1) is 15.0. The first kappa shape index (κ1) is 21.4. The lowest BCUT2D eigenvalue weighted by Gasteiger charge is -2.11. The average molecular weight is 470 g/mol. The standard InChI is InChI=1S/C23H17Cl2N3O2S/c1-30-20-11-5-15(6-12-20)21(29)14-31-23-27-26-22(16-3-2-4-18(25)13-16)28(23)19-9-7-17(24)8-10-19/h2-13H,14H2,1H3. The van der Waals surface area contributed by atoms with E-state index in [4.69, 9.17) is 27.9 Å². The topological polar surface area (TPSA) is 57.0 Å². The van der Waals surface area contributed by atoms with Gasteiger partial charge in [-0.25, -0.2) is 0 Å². The monoisotopic (exact) mass is 469 g/mol. The van der Waals surface area contributed by atoms with Gasteiger partial charge in [0.25, 0.3) is 0 Å². The SMILES string of the molecule is COc1ccc(C(=O)CSc2nnc(-c3cccc(Cl)c3)n2-c2ccc(Cl)cc2)cc1. The third kappa shape index (κ3) is 4.93. The lowest BCUT2D eigenvalue weighted by Crippen LogP contribution is -2.05. The highest BCUT2D eigenvalue weighted by Gasteiger charge is 2.18. The smallest absolute Gasteiger partial charge is 0.196 e. The van der Waals surface area contributed by atoms with E-state index in [1.165, 1.54) is 11.8 Å². The van der Waals surface area contributed by atoms with Crippen LogP contribution in [0.3, 0.4) is 0 Å². The first-order valence-corrected chi connectivity index (χ1v) is 11.1. The van der Waals surface area contributed by atoms with Gasteiger partial charge in [0.15, 0.2) is 16.8 Å². The van der Waals surface area contributed by atoms with Gasteiger partial charge in [-0.05, 0) is 60.7 Å². The summed E-state index contributed by atoms with van der Waals surface area (Å²) in [4.78, 5) is 12.7. The largest absolute Gasteiger partial charge is 0.497 e. The van der Waals surface area contributed by atoms with Crippen molar-refractivity contribution in [3.05, 3.63) is 88.4 Å². The number of aromatic nitrogens is 3. The normalized spacial score (nSPS) is 10.8. The number of ether oxygens (including phenoxy) is 1. The molecule has 4 aromatic rings. The van der Waals surface area contributed by atoms with Crippen LogP contribution >= 0.6 is 35.0 Å². The highest BCUT2D eigenvalue weighted by molar-refractivity contribution is 7.99. The molecule has 4 rings (SSSR count). The van der Waals surface area contributed by atoms with E-state index in [0.29, 0.717) is 32.3 Å². The van der Waals surface area contributed by atoms with Crippen LogP contribution in [0.4, 0.5) is 0 Å². The average Bonchev–Trinajstić information content (AvgIpc) is 3.22. The molecule has 0 aliphatic heterocycles. The summed E-state index contributed by atoms with van der Waals surface area (Å²) < 4.78 is 7.04. The molecule has 1 aromatic heterocycles. The van der Waals surface area contributed by atoms with Crippen molar-refractivity contribution >= 4 is 40.7 Å². The second-order valence-corrected chi connectivity index (χ2v) is 8.38. The Labute approximate surface area is 194 Å². The molecule has 156 valence electrons. The number of methoxy groups -OCH3 is 1. The van der Waals surface area contributed by atoms with Crippen molar-refractivity contribution in [2.24, 2.45) is 0 Å². The minimum Gasteiger partial charge on any atom is -0.497 e. The van der Waals surface area contributed by atoms with Crippen LogP contribution in [0.15, 0.2) is 78.0 Å². The Kier molecular flexibility index (Phi) is 6.61. The molecule has 0 saturated carbocycles. The fourth-order valence-corrected chi connectivity index (χ4v) is 4.15. The van der Waals surface area contributed by atoms with E-state index in [0.717, 1.165) is 11.3 Å². The van der Waals surface area contributed by atoms with Gasteiger partial charge in [0.05, 0.1) is 12.9 Å². The van der Waals surface area contributed by atoms with Crippen LogP contribution in [-0.2, 0) is 0 Å². The van der Waals surface area contributed by atoms with Crippen molar-refractivity contribution in [2.45, 2.75) is 5.16 Å². The Balaban J connectivity index is 1.65. The van der Waals surface area contributed by atoms with Crippen LogP contribution in [0, 0.1) is 0 Å². The van der Waals surface area contributed by atoms with Crippen molar-refractivity contribution < 1.29 is 9.53 Å². The van der Waals surface area contributed by atoms with Crippen molar-refractivity contribution in [3.8, 4) is 22.8 Å². The summed E-state index contributed by atoms with van der Waals surface area (Å²) in [5.41, 5.74) is 2.27. The predicted molar refractivity (Wildman–Crippen MR) is 125 cm³/mol. The summed E-state index contributed by atoms with van der Waals surface area (Å²) in [5, 5.41) is 10.5. The molecular weight excluding hydrogens is 453 g/mol. The number of Topliss-reactive ketones (excluding diaryl/α,β-unsaturated/α-hetero) is 1. The van der Waals surface area contributed by atoms with Crippen molar-refractivity contribution in [3.63, 3.8) is 0 Å². The number of benzene rings is 3. The maximum Gasteiger partial charge on any atom is 0.196 e. The molecule has 0 fully saturated rings. The molecule has 0 aliphatic rings. The van der Waals surface area contributed by atoms with E-state index < -0.39 is 0 Å². The van der Waals surface area contributed by atoms with Gasteiger partial charge >= 0.3 is 0 Å². The van der Waals surface area contributed by atoms with Crippen molar-refractivity contribution in [2.75, 3.05) is 12.9 Å². The third-order valence-electron chi connectivity index (χ3n) is 4.55. The van der Waals surface area contributed by atoms with Gasteiger partial charge in [-0.15, -0.1) is 10.2 Å². The predicted octanol–water partition coefficient (Wildman–Crippen LogP) is 6.22. The van der Waals surface area contributed by atoms with E-state index in [1.54, 1.807) is 49.6 Å². The zero-order valence-electron chi connectivity index (χ0n) is 16.5. The number of ketones is 1. The molecule has 0 atom stereocenters. The van der Waals surface area contributed by atoms with E-state index in [-0.39, 0.29) is 11.5 Å². The van der Waals surface area contributed by atoms with Crippen LogP contribution in [0.1, 0.15) is 10.4 Å². The van der Waals surface area contributed by atoms with Gasteiger partial charge in [-0.2, -0.15) is 0 Å². The van der Waals surface area contributed by atoms with Crippen LogP contribution in [0.5, 0.6) is 5.75 Å². The molecule has 0 saturated heterocycles. The number of carbonyl (C=O) groups excluding carboxylic acids is 1. The van der Waals surface area contributed by atoms with Crippen molar-refractivity contribution in [1.29, 1.82) is 0 Å². The summed E-state index contributed by atoms with van der Waals surface area (Å²) in [6, 6.07) is 21.8. The van der Waals surface area contributed by atoms with E-state index >= 15 is 0 Å². The fourth-order valence-electron chi connectivity index (χ4n) is 2.99. The summed E-state index contributed by atoms with van der Waals surface area (Å²) in [6.07, 6.45) is 0. The lowest BCUT2D eigenvalue weighted by atomic mass is 10.1. The quantitative estimate of drug-likeness (QED) is 0.237. The van der Waals surface area contributed by atoms with E-state index in [2.05, 4.69) is 10.2 Å². The molecule has 1 heterocycles. The third-order valence-corrected chi connectivity index (χ3v) is 5.96. The number of rotatable bonds is 7. The maximum absolute atomic E-state index is 12.7. The van der Waals surface area contributed by atoms with Gasteiger partial charge in [-0.1, -0.05) is 47.1 Å². The van der Waals surface area contributed by atoms with E-state index in [9.17, 15) is 4.79 Å². The summed E-state index contributed by atoms with van der Waals surface area (Å²) in [7, 11) is 1.59. The molecule has 0 bridgehead atoms. The second kappa shape index (κ2) is 9.56. The summed E-state index contributed by atoms with van der Waals surface area (Å²) in [5.74, 6) is 1.54. The molecule has 3 aromatic carbocycles. The van der Waals surface area contributed by atoms with Crippen LogP contribution in [0.2, 0.25) is 10.0 Å². The molecule has 8 heteroatoms. The molecule has 0 unspecified atom stereocenters. The van der Waals surface area contributed by atoms with Gasteiger partial charge in [-0.3, -0.25) is 9.36 Å². The van der Waals surface area contributed by atoms with Crippen molar-refractivity contribution in [1.82, 2.24) is 14.8 Å². The fraction of sp³-hybridized carbons (Fsp3) is 0.0870. The van der Waals surface area contributed by atoms with Gasteiger partial charge in [0, 0.05) is 26.9 Å². The molecule has 0 aliphatic carbocycles. The van der Waals surface area contributed by atoms with Gasteiger partial charge in [0.1, 0.15) is 5.75 Å². The molecule has 0 radical (unpaired) electrons. The minimum atomic E-state index is -0.0115. The number of halogens is 2. The number of nitrogens with zero attached hydrogens (tertiary/aromatic N) is 3. The number of hydrogen-bond donors (Lipinski definition) is 0. The summed E-state index contributed by atoms with van der Waals surface area (Å²) in [6.45, 7) is 0. The molecule has 5 nitrogen and oxygen atoms in total. The molecule has 31 heavy (non-hydrogen) atoms. The highest BCUT2D eigenvalue weighted by atomic mass is 35.5. The lowest BCUT2D eigenvalue weighted by molar-refractivity contribution is 0.102. The van der Waals surface area contributed by atoms with E-state index in [1.807, 2.05) is 34.9 Å². The van der Waals surface area contributed by atoms with Crippen LogP contribution < -0.4 is 4.74 Å². The van der Waals surface area contributed by atoms with Crippen LogP contribution in [0.25, 0.3) is 17.1 Å². The number of carbonyl (C=O) groups is 1. The van der Waals surface area contributed by atoms with Gasteiger partial charge < -0.3 is 4.74 Å². The number of thioether (sulfide) groups is 1. The summed E-state index contributed by atoms with van der Waals surface area (Å²) >= 11 is 13.6. The maximum atomic E-state index is 12.7. The zero-order valence-corrected chi connectivity index (χ0v) is 18.8. The van der Waals surface area contributed by atoms with Gasteiger partial charge in [0.2, 0.25) is 0 Å². The highest BCUT2D eigenvalue weighted by Crippen LogP contribution is 2.30. The molecule has 0 N–H and O–H groups in total. The Morgan fingerprint density at radius 3 is 2.39 bits per heavy atom. The minimum absolute atomic E-state index is 0.0115. The molecule has 0 amide bonds. The Morgan fingerprint density at radius 2 is 1.71 bits per heavy atom. The Hall–Kier alpha value is -2.80. The Morgan fingerprint density at radius 1 is 0.968 bits per heavy atom. The molecular formula is C23H17Cl2N3O2S. The second-order valence-electron chi connectivity index (χ2n) is 6.57. The first-order valence-electron chi connectivity index (χ1n) is 9.32. The zero-order chi connectivity index (χ0) is 21.8. The molecule has 0 spiro atoms. The van der Waals surface area contributed by atoms with Crippen LogP contribution in [-0.4, -0.2) is 33.4 Å². The number of hydrogen-bond acceptors (Lipinski definition) is 5. The Bertz CT molecular complexity index is 1210.